The molecule has 0 fully saturated rings. The Kier molecular flexibility index (Phi) is 7.20. The Balaban J connectivity index is 2.24. The van der Waals surface area contributed by atoms with Gasteiger partial charge in [0.2, 0.25) is 0 Å². The topological polar surface area (TPSA) is 129 Å². The van der Waals surface area contributed by atoms with Crippen molar-refractivity contribution in [1.82, 2.24) is 0 Å². The van der Waals surface area contributed by atoms with E-state index in [-0.39, 0.29) is 11.5 Å². The summed E-state index contributed by atoms with van der Waals surface area (Å²) in [5, 5.41) is 30.3. The number of carboxylic acids is 1. The van der Waals surface area contributed by atoms with E-state index >= 15 is 0 Å². The second-order valence-electron chi connectivity index (χ2n) is 6.13. The van der Waals surface area contributed by atoms with E-state index in [9.17, 15) is 14.7 Å². The van der Waals surface area contributed by atoms with Gasteiger partial charge in [-0.2, -0.15) is 5.26 Å². The van der Waals surface area contributed by atoms with E-state index in [4.69, 9.17) is 19.8 Å². The second-order valence-corrected chi connectivity index (χ2v) is 6.13. The first-order valence-corrected chi connectivity index (χ1v) is 8.60. The zero-order valence-corrected chi connectivity index (χ0v) is 15.8. The minimum absolute atomic E-state index is 0.138. The van der Waals surface area contributed by atoms with Gasteiger partial charge >= 0.3 is 12.1 Å². The number of carboxylic acid groups (broad SMARTS) is 1. The summed E-state index contributed by atoms with van der Waals surface area (Å²) in [4.78, 5) is 23.2. The molecular formula is C21H20N2O6. The third-order valence-electron chi connectivity index (χ3n) is 4.05. The van der Waals surface area contributed by atoms with Gasteiger partial charge in [-0.1, -0.05) is 19.1 Å². The van der Waals surface area contributed by atoms with Gasteiger partial charge in [-0.05, 0) is 42.0 Å². The fraction of sp³-hybridized carbons (Fsp3) is 0.190. The van der Waals surface area contributed by atoms with Crippen LogP contribution in [0.3, 0.4) is 0 Å². The molecule has 0 saturated carbocycles. The first-order chi connectivity index (χ1) is 13.8. The number of hydrogen-bond acceptors (Lipinski definition) is 6. The number of nitrogens with one attached hydrogen (secondary N) is 1. The van der Waals surface area contributed by atoms with E-state index in [0.717, 1.165) is 6.08 Å². The van der Waals surface area contributed by atoms with Crippen molar-refractivity contribution in [2.75, 3.05) is 12.4 Å². The van der Waals surface area contributed by atoms with E-state index in [1.807, 2.05) is 6.07 Å². The molecule has 1 amide bonds. The number of aliphatic carboxylic acids is 1. The quantitative estimate of drug-likeness (QED) is 0.606. The van der Waals surface area contributed by atoms with Crippen LogP contribution in [-0.2, 0) is 9.53 Å². The van der Waals surface area contributed by atoms with Crippen molar-refractivity contribution >= 4 is 17.7 Å². The van der Waals surface area contributed by atoms with Gasteiger partial charge in [0.15, 0.2) is 11.5 Å². The summed E-state index contributed by atoms with van der Waals surface area (Å²) in [5.41, 5.74) is 1.34. The van der Waals surface area contributed by atoms with Crippen LogP contribution in [0.4, 0.5) is 10.5 Å². The van der Waals surface area contributed by atoms with Crippen LogP contribution in [0.25, 0.3) is 0 Å². The molecule has 0 aliphatic rings. The number of phenolic OH excluding ortho intramolecular Hbond substituents is 1. The van der Waals surface area contributed by atoms with Crippen LogP contribution < -0.4 is 10.1 Å². The summed E-state index contributed by atoms with van der Waals surface area (Å²) >= 11 is 0. The molecule has 2 aromatic rings. The van der Waals surface area contributed by atoms with Crippen LogP contribution in [0, 0.1) is 17.2 Å². The van der Waals surface area contributed by atoms with Crippen LogP contribution in [-0.4, -0.2) is 29.4 Å². The highest BCUT2D eigenvalue weighted by Gasteiger charge is 2.23. The normalized spacial score (nSPS) is 12.6. The fourth-order valence-corrected chi connectivity index (χ4v) is 2.59. The lowest BCUT2D eigenvalue weighted by atomic mass is 9.96. The Hall–Kier alpha value is -3.99. The third-order valence-corrected chi connectivity index (χ3v) is 4.05. The van der Waals surface area contributed by atoms with Crippen molar-refractivity contribution in [1.29, 1.82) is 5.26 Å². The highest BCUT2D eigenvalue weighted by Crippen LogP contribution is 2.34. The maximum atomic E-state index is 12.4. The van der Waals surface area contributed by atoms with Gasteiger partial charge in [0.25, 0.3) is 0 Å². The molecule has 3 N–H and O–H groups in total. The van der Waals surface area contributed by atoms with Crippen molar-refractivity contribution in [3.63, 3.8) is 0 Å². The zero-order valence-electron chi connectivity index (χ0n) is 15.8. The van der Waals surface area contributed by atoms with Crippen molar-refractivity contribution in [3.05, 3.63) is 65.7 Å². The lowest BCUT2D eigenvalue weighted by Crippen LogP contribution is -2.21. The number of carbonyl (C=O) groups excluding carboxylic acids is 1. The van der Waals surface area contributed by atoms with Crippen LogP contribution >= 0.6 is 0 Å². The smallest absolute Gasteiger partial charge is 0.412 e. The molecule has 2 rings (SSSR count). The molecule has 8 nitrogen and oxygen atoms in total. The summed E-state index contributed by atoms with van der Waals surface area (Å²) in [6, 6.07) is 12.7. The lowest BCUT2D eigenvalue weighted by molar-refractivity contribution is -0.131. The molecule has 2 atom stereocenters. The highest BCUT2D eigenvalue weighted by atomic mass is 16.6. The Labute approximate surface area is 167 Å². The van der Waals surface area contributed by atoms with Crippen molar-refractivity contribution < 1.29 is 29.3 Å². The standard InChI is InChI=1S/C21H20N2O6/c1-13(3-10-19(25)26)20(15-6-9-18(28-2)17(24)11-15)29-21(27)23-16-7-4-14(12-22)5-8-16/h3-11,13,20,24H,1-2H3,(H,23,27)(H,25,26)/b10-3+/t13-,20-/m0/s1. The number of hydrogen-bond donors (Lipinski definition) is 3. The summed E-state index contributed by atoms with van der Waals surface area (Å²) in [5.74, 6) is -1.52. The minimum Gasteiger partial charge on any atom is -0.504 e. The third kappa shape index (κ3) is 6.01. The van der Waals surface area contributed by atoms with E-state index < -0.39 is 24.1 Å². The summed E-state index contributed by atoms with van der Waals surface area (Å²) in [6.07, 6.45) is 0.706. The van der Waals surface area contributed by atoms with E-state index in [2.05, 4.69) is 5.32 Å². The van der Waals surface area contributed by atoms with Crippen LogP contribution in [0.2, 0.25) is 0 Å². The minimum atomic E-state index is -1.13. The molecule has 150 valence electrons. The summed E-state index contributed by atoms with van der Waals surface area (Å²) in [6.45, 7) is 1.68. The van der Waals surface area contributed by atoms with Gasteiger partial charge in [-0.3, -0.25) is 5.32 Å². The second kappa shape index (κ2) is 9.80. The molecule has 0 saturated heterocycles. The van der Waals surface area contributed by atoms with Gasteiger partial charge < -0.3 is 19.7 Å². The number of benzene rings is 2. The molecule has 2 aromatic carbocycles. The molecule has 0 radical (unpaired) electrons. The highest BCUT2D eigenvalue weighted by molar-refractivity contribution is 5.85. The molecule has 0 aliphatic heterocycles. The van der Waals surface area contributed by atoms with E-state index in [1.54, 1.807) is 37.3 Å². The average molecular weight is 396 g/mol. The first kappa shape index (κ1) is 21.3. The molecule has 0 bridgehead atoms. The van der Waals surface area contributed by atoms with Gasteiger partial charge in [-0.25, -0.2) is 9.59 Å². The van der Waals surface area contributed by atoms with Gasteiger partial charge in [0.05, 0.1) is 18.7 Å². The van der Waals surface area contributed by atoms with Crippen LogP contribution in [0.5, 0.6) is 11.5 Å². The predicted molar refractivity (Wildman–Crippen MR) is 105 cm³/mol. The molecule has 8 heteroatoms. The van der Waals surface area contributed by atoms with Gasteiger partial charge in [0.1, 0.15) is 6.10 Å². The number of ether oxygens (including phenoxy) is 2. The monoisotopic (exact) mass is 396 g/mol. The number of aromatic hydroxyl groups is 1. The number of amides is 1. The molecule has 0 aliphatic carbocycles. The van der Waals surface area contributed by atoms with Gasteiger partial charge in [-0.15, -0.1) is 0 Å². The summed E-state index contributed by atoms with van der Waals surface area (Å²) in [7, 11) is 1.41. The number of nitrogens with zero attached hydrogens (tertiary/aromatic N) is 1. The SMILES string of the molecule is COc1ccc([C@@H](OC(=O)Nc2ccc(C#N)cc2)[C@@H](C)/C=C/C(=O)O)cc1O. The number of methoxy groups -OCH3 is 1. The van der Waals surface area contributed by atoms with Gasteiger partial charge in [0, 0.05) is 17.7 Å². The Morgan fingerprint density at radius 1 is 1.21 bits per heavy atom. The molecular weight excluding hydrogens is 376 g/mol. The number of anilines is 1. The van der Waals surface area contributed by atoms with E-state index in [0.29, 0.717) is 16.8 Å². The van der Waals surface area contributed by atoms with Crippen molar-refractivity contribution in [2.24, 2.45) is 5.92 Å². The largest absolute Gasteiger partial charge is 0.504 e. The van der Waals surface area contributed by atoms with Crippen LogP contribution in [0.15, 0.2) is 54.6 Å². The molecule has 0 unspecified atom stereocenters. The fourth-order valence-electron chi connectivity index (χ4n) is 2.59. The zero-order chi connectivity index (χ0) is 21.4. The molecule has 0 aromatic heterocycles. The van der Waals surface area contributed by atoms with Crippen molar-refractivity contribution in [2.45, 2.75) is 13.0 Å². The van der Waals surface area contributed by atoms with Crippen LogP contribution in [0.1, 0.15) is 24.2 Å². The average Bonchev–Trinajstić information content (AvgIpc) is 2.70. The molecule has 0 spiro atoms. The summed E-state index contributed by atoms with van der Waals surface area (Å²) < 4.78 is 10.5. The number of phenols is 1. The predicted octanol–water partition coefficient (Wildman–Crippen LogP) is 3.84. The Morgan fingerprint density at radius 3 is 2.45 bits per heavy atom. The number of carbonyl (C=O) groups is 2. The maximum Gasteiger partial charge on any atom is 0.412 e. The first-order valence-electron chi connectivity index (χ1n) is 8.60. The lowest BCUT2D eigenvalue weighted by Gasteiger charge is -2.23. The Bertz CT molecular complexity index is 947. The number of nitriles is 1. The maximum absolute atomic E-state index is 12.4. The molecule has 0 heterocycles. The molecule has 29 heavy (non-hydrogen) atoms. The Morgan fingerprint density at radius 2 is 1.90 bits per heavy atom. The number of rotatable bonds is 7. The van der Waals surface area contributed by atoms with E-state index in [1.165, 1.54) is 25.3 Å². The van der Waals surface area contributed by atoms with Crippen molar-refractivity contribution in [3.8, 4) is 17.6 Å².